The number of hydrogen-bond donors (Lipinski definition) is 1. The zero-order valence-corrected chi connectivity index (χ0v) is 10.4. The lowest BCUT2D eigenvalue weighted by Gasteiger charge is -2.13. The number of alkyl halides is 2. The molecule has 0 saturated carbocycles. The topological polar surface area (TPSA) is 20.2 Å². The standard InChI is InChI=1S/C14H20F2O/c1-10(2)5-3-8-13(17)11-6-4-7-12(9-11)14(15)16/h4,6-7,9-10,13-14,17H,3,5,8H2,1-2H3. The fraction of sp³-hybridized carbons (Fsp3) is 0.571. The lowest BCUT2D eigenvalue weighted by atomic mass is 9.99. The van der Waals surface area contributed by atoms with Crippen molar-refractivity contribution in [3.05, 3.63) is 35.4 Å². The van der Waals surface area contributed by atoms with Crippen LogP contribution in [0.25, 0.3) is 0 Å². The van der Waals surface area contributed by atoms with Crippen LogP contribution in [0, 0.1) is 5.92 Å². The second-order valence-corrected chi connectivity index (χ2v) is 4.81. The predicted molar refractivity (Wildman–Crippen MR) is 65.0 cm³/mol. The van der Waals surface area contributed by atoms with E-state index in [0.717, 1.165) is 12.8 Å². The van der Waals surface area contributed by atoms with Crippen molar-refractivity contribution >= 4 is 0 Å². The Labute approximate surface area is 101 Å². The van der Waals surface area contributed by atoms with Crippen LogP contribution in [0.5, 0.6) is 0 Å². The predicted octanol–water partition coefficient (Wildman–Crippen LogP) is 4.48. The quantitative estimate of drug-likeness (QED) is 0.779. The first-order chi connectivity index (χ1) is 8.00. The molecule has 0 radical (unpaired) electrons. The molecular weight excluding hydrogens is 222 g/mol. The van der Waals surface area contributed by atoms with Crippen molar-refractivity contribution in [1.82, 2.24) is 0 Å². The van der Waals surface area contributed by atoms with Crippen LogP contribution in [0.15, 0.2) is 24.3 Å². The lowest BCUT2D eigenvalue weighted by Crippen LogP contribution is -2.00. The third-order valence-electron chi connectivity index (χ3n) is 2.81. The molecule has 0 aromatic heterocycles. The molecule has 0 aliphatic carbocycles. The summed E-state index contributed by atoms with van der Waals surface area (Å²) in [5.74, 6) is 0.606. The summed E-state index contributed by atoms with van der Waals surface area (Å²) in [7, 11) is 0. The van der Waals surface area contributed by atoms with Gasteiger partial charge in [-0.3, -0.25) is 0 Å². The van der Waals surface area contributed by atoms with Crippen LogP contribution in [-0.2, 0) is 0 Å². The highest BCUT2D eigenvalue weighted by atomic mass is 19.3. The van der Waals surface area contributed by atoms with E-state index in [9.17, 15) is 13.9 Å². The molecule has 1 N–H and O–H groups in total. The molecule has 17 heavy (non-hydrogen) atoms. The van der Waals surface area contributed by atoms with E-state index >= 15 is 0 Å². The van der Waals surface area contributed by atoms with E-state index in [1.807, 2.05) is 0 Å². The molecule has 0 aliphatic heterocycles. The minimum atomic E-state index is -2.47. The lowest BCUT2D eigenvalue weighted by molar-refractivity contribution is 0.148. The first-order valence-electron chi connectivity index (χ1n) is 6.06. The van der Waals surface area contributed by atoms with Gasteiger partial charge in [0, 0.05) is 5.56 Å². The van der Waals surface area contributed by atoms with Crippen LogP contribution in [0.3, 0.4) is 0 Å². The van der Waals surface area contributed by atoms with Crippen molar-refractivity contribution in [2.45, 2.75) is 45.6 Å². The smallest absolute Gasteiger partial charge is 0.263 e. The Morgan fingerprint density at radius 2 is 1.76 bits per heavy atom. The van der Waals surface area contributed by atoms with Crippen LogP contribution in [0.4, 0.5) is 8.78 Å². The Hall–Kier alpha value is -0.960. The van der Waals surface area contributed by atoms with Gasteiger partial charge in [0.25, 0.3) is 6.43 Å². The summed E-state index contributed by atoms with van der Waals surface area (Å²) in [6.07, 6.45) is -0.515. The maximum Gasteiger partial charge on any atom is 0.263 e. The monoisotopic (exact) mass is 242 g/mol. The zero-order chi connectivity index (χ0) is 12.8. The number of rotatable bonds is 6. The number of aliphatic hydroxyl groups excluding tert-OH is 1. The van der Waals surface area contributed by atoms with Gasteiger partial charge >= 0.3 is 0 Å². The molecule has 1 aromatic carbocycles. The van der Waals surface area contributed by atoms with Crippen LogP contribution < -0.4 is 0 Å². The third kappa shape index (κ3) is 4.82. The second-order valence-electron chi connectivity index (χ2n) is 4.81. The summed E-state index contributed by atoms with van der Waals surface area (Å²) in [5, 5.41) is 9.89. The second kappa shape index (κ2) is 6.70. The number of halogens is 2. The SMILES string of the molecule is CC(C)CCCC(O)c1cccc(C(F)F)c1. The molecule has 1 aromatic rings. The highest BCUT2D eigenvalue weighted by molar-refractivity contribution is 5.25. The van der Waals surface area contributed by atoms with Gasteiger partial charge in [-0.25, -0.2) is 8.78 Å². The first-order valence-corrected chi connectivity index (χ1v) is 6.06. The number of aliphatic hydroxyl groups is 1. The molecule has 0 bridgehead atoms. The highest BCUT2D eigenvalue weighted by Crippen LogP contribution is 2.25. The first kappa shape index (κ1) is 14.1. The summed E-state index contributed by atoms with van der Waals surface area (Å²) >= 11 is 0. The average Bonchev–Trinajstić information content (AvgIpc) is 2.28. The van der Waals surface area contributed by atoms with Crippen molar-refractivity contribution < 1.29 is 13.9 Å². The molecule has 0 aliphatic rings. The van der Waals surface area contributed by atoms with Gasteiger partial charge in [0.2, 0.25) is 0 Å². The molecule has 0 saturated heterocycles. The van der Waals surface area contributed by atoms with Crippen LogP contribution in [0.1, 0.15) is 56.8 Å². The summed E-state index contributed by atoms with van der Waals surface area (Å²) in [6.45, 7) is 4.26. The summed E-state index contributed by atoms with van der Waals surface area (Å²) in [6, 6.07) is 6.05. The zero-order valence-electron chi connectivity index (χ0n) is 10.4. The van der Waals surface area contributed by atoms with Gasteiger partial charge in [0.1, 0.15) is 0 Å². The van der Waals surface area contributed by atoms with Gasteiger partial charge in [-0.1, -0.05) is 44.9 Å². The van der Waals surface area contributed by atoms with Crippen molar-refractivity contribution in [3.8, 4) is 0 Å². The molecule has 1 nitrogen and oxygen atoms in total. The maximum atomic E-state index is 12.5. The fourth-order valence-corrected chi connectivity index (χ4v) is 1.79. The molecule has 1 rings (SSSR count). The minimum absolute atomic E-state index is 0.0228. The number of benzene rings is 1. The summed E-state index contributed by atoms with van der Waals surface area (Å²) in [4.78, 5) is 0. The van der Waals surface area contributed by atoms with Crippen molar-refractivity contribution in [1.29, 1.82) is 0 Å². The van der Waals surface area contributed by atoms with E-state index in [0.29, 0.717) is 17.9 Å². The molecular formula is C14H20F2O. The molecule has 1 atom stereocenters. The molecule has 0 amide bonds. The van der Waals surface area contributed by atoms with E-state index in [4.69, 9.17) is 0 Å². The Balaban J connectivity index is 2.56. The van der Waals surface area contributed by atoms with Crippen molar-refractivity contribution in [3.63, 3.8) is 0 Å². The number of hydrogen-bond acceptors (Lipinski definition) is 1. The molecule has 0 heterocycles. The third-order valence-corrected chi connectivity index (χ3v) is 2.81. The van der Waals surface area contributed by atoms with Crippen LogP contribution >= 0.6 is 0 Å². The Morgan fingerprint density at radius 3 is 2.35 bits per heavy atom. The van der Waals surface area contributed by atoms with E-state index in [1.165, 1.54) is 12.1 Å². The maximum absolute atomic E-state index is 12.5. The minimum Gasteiger partial charge on any atom is -0.388 e. The van der Waals surface area contributed by atoms with Crippen LogP contribution in [-0.4, -0.2) is 5.11 Å². The van der Waals surface area contributed by atoms with Gasteiger partial charge in [-0.2, -0.15) is 0 Å². The van der Waals surface area contributed by atoms with Gasteiger partial charge in [-0.05, 0) is 24.0 Å². The molecule has 96 valence electrons. The van der Waals surface area contributed by atoms with Gasteiger partial charge < -0.3 is 5.11 Å². The van der Waals surface area contributed by atoms with E-state index < -0.39 is 12.5 Å². The van der Waals surface area contributed by atoms with Crippen molar-refractivity contribution in [2.75, 3.05) is 0 Å². The Kier molecular flexibility index (Phi) is 5.56. The molecule has 3 heteroatoms. The summed E-state index contributed by atoms with van der Waals surface area (Å²) in [5.41, 5.74) is 0.567. The Bertz CT molecular complexity index is 337. The van der Waals surface area contributed by atoms with Gasteiger partial charge in [0.05, 0.1) is 6.10 Å². The van der Waals surface area contributed by atoms with E-state index in [1.54, 1.807) is 12.1 Å². The summed E-state index contributed by atoms with van der Waals surface area (Å²) < 4.78 is 25.0. The van der Waals surface area contributed by atoms with Gasteiger partial charge in [-0.15, -0.1) is 0 Å². The van der Waals surface area contributed by atoms with Crippen LogP contribution in [0.2, 0.25) is 0 Å². The fourth-order valence-electron chi connectivity index (χ4n) is 1.79. The van der Waals surface area contributed by atoms with Gasteiger partial charge in [0.15, 0.2) is 0 Å². The molecule has 0 fully saturated rings. The Morgan fingerprint density at radius 1 is 1.12 bits per heavy atom. The highest BCUT2D eigenvalue weighted by Gasteiger charge is 2.12. The normalized spacial score (nSPS) is 13.4. The average molecular weight is 242 g/mol. The van der Waals surface area contributed by atoms with E-state index in [-0.39, 0.29) is 5.56 Å². The molecule has 1 unspecified atom stereocenters. The molecule has 0 spiro atoms. The van der Waals surface area contributed by atoms with Crippen molar-refractivity contribution in [2.24, 2.45) is 5.92 Å². The largest absolute Gasteiger partial charge is 0.388 e. The van der Waals surface area contributed by atoms with E-state index in [2.05, 4.69) is 13.8 Å².